The van der Waals surface area contributed by atoms with Crippen molar-refractivity contribution in [2.45, 2.75) is 0 Å². The highest BCUT2D eigenvalue weighted by Gasteiger charge is 2.11. The molecular formula is C13H16N2O5. The quantitative estimate of drug-likeness (QED) is 0.479. The molecule has 0 fully saturated rings. The second-order valence-corrected chi connectivity index (χ2v) is 3.78. The van der Waals surface area contributed by atoms with Crippen molar-refractivity contribution in [3.63, 3.8) is 0 Å². The zero-order valence-electron chi connectivity index (χ0n) is 10.7. The molecule has 0 aromatic heterocycles. The first kappa shape index (κ1) is 15.5. The molecule has 0 heterocycles. The molecule has 0 aliphatic carbocycles. The Labute approximate surface area is 115 Å². The van der Waals surface area contributed by atoms with Crippen LogP contribution in [0.1, 0.15) is 5.56 Å². The fraction of sp³-hybridized carbons (Fsp3) is 0.231. The lowest BCUT2D eigenvalue weighted by Crippen LogP contribution is -2.28. The number of aliphatic hydroxyl groups excluding tert-OH is 1. The van der Waals surface area contributed by atoms with Crippen LogP contribution in [0.5, 0.6) is 5.75 Å². The maximum Gasteiger partial charge on any atom is 0.330 e. The largest absolute Gasteiger partial charge is 0.490 e. The van der Waals surface area contributed by atoms with E-state index in [2.05, 4.69) is 5.32 Å². The Kier molecular flexibility index (Phi) is 6.05. The second kappa shape index (κ2) is 7.80. The minimum absolute atomic E-state index is 0.0766. The van der Waals surface area contributed by atoms with Gasteiger partial charge in [-0.3, -0.25) is 4.79 Å². The molecule has 5 N–H and O–H groups in total. The average Bonchev–Trinajstić information content (AvgIpc) is 2.41. The topological polar surface area (TPSA) is 122 Å². The van der Waals surface area contributed by atoms with Gasteiger partial charge in [0.15, 0.2) is 0 Å². The van der Waals surface area contributed by atoms with Gasteiger partial charge in [0, 0.05) is 11.6 Å². The zero-order chi connectivity index (χ0) is 15.0. The number of rotatable bonds is 8. The van der Waals surface area contributed by atoms with Crippen LogP contribution in [0.3, 0.4) is 0 Å². The zero-order valence-corrected chi connectivity index (χ0v) is 10.7. The van der Waals surface area contributed by atoms with E-state index in [1.165, 1.54) is 0 Å². The highest BCUT2D eigenvalue weighted by molar-refractivity contribution is 5.91. The van der Waals surface area contributed by atoms with E-state index in [0.29, 0.717) is 11.3 Å². The normalized spacial score (nSPS) is 10.9. The van der Waals surface area contributed by atoms with Crippen LogP contribution in [-0.4, -0.2) is 41.8 Å². The molecule has 0 aliphatic rings. The molecule has 7 nitrogen and oxygen atoms in total. The number of carboxylic acids is 1. The number of amides is 1. The smallest absolute Gasteiger partial charge is 0.330 e. The van der Waals surface area contributed by atoms with E-state index in [1.807, 2.05) is 0 Å². The van der Waals surface area contributed by atoms with E-state index >= 15 is 0 Å². The van der Waals surface area contributed by atoms with E-state index < -0.39 is 11.9 Å². The fourth-order valence-corrected chi connectivity index (χ4v) is 1.50. The van der Waals surface area contributed by atoms with Crippen LogP contribution in [0.15, 0.2) is 30.3 Å². The average molecular weight is 280 g/mol. The standard InChI is InChI=1S/C13H16N2O5/c14-12(17)8-15-10(7-13(18)19)9-3-1-2-4-11(9)20-6-5-16/h1-4,7,15-16H,5-6,8H2,(H2,14,17)(H,18,19)/b10-7+. The highest BCUT2D eigenvalue weighted by Crippen LogP contribution is 2.24. The van der Waals surface area contributed by atoms with Gasteiger partial charge in [-0.2, -0.15) is 0 Å². The van der Waals surface area contributed by atoms with Crippen LogP contribution in [0.25, 0.3) is 5.70 Å². The van der Waals surface area contributed by atoms with Crippen molar-refractivity contribution in [3.05, 3.63) is 35.9 Å². The number of nitrogens with two attached hydrogens (primary N) is 1. The van der Waals surface area contributed by atoms with Crippen molar-refractivity contribution in [3.8, 4) is 5.75 Å². The summed E-state index contributed by atoms with van der Waals surface area (Å²) in [6, 6.07) is 6.67. The Morgan fingerprint density at radius 3 is 2.65 bits per heavy atom. The van der Waals surface area contributed by atoms with Gasteiger partial charge in [0.25, 0.3) is 0 Å². The molecular weight excluding hydrogens is 264 g/mol. The van der Waals surface area contributed by atoms with Crippen molar-refractivity contribution in [1.29, 1.82) is 0 Å². The first-order valence-corrected chi connectivity index (χ1v) is 5.84. The lowest BCUT2D eigenvalue weighted by atomic mass is 10.1. The number of aliphatic carboxylic acids is 1. The van der Waals surface area contributed by atoms with Gasteiger partial charge < -0.3 is 26.0 Å². The summed E-state index contributed by atoms with van der Waals surface area (Å²) in [6.07, 6.45) is 0.921. The van der Waals surface area contributed by atoms with Crippen LogP contribution in [0.2, 0.25) is 0 Å². The number of ether oxygens (including phenoxy) is 1. The van der Waals surface area contributed by atoms with Crippen molar-refractivity contribution in [2.24, 2.45) is 5.73 Å². The number of hydrogen-bond acceptors (Lipinski definition) is 5. The number of carbonyl (C=O) groups excluding carboxylic acids is 1. The van der Waals surface area contributed by atoms with Crippen molar-refractivity contribution in [2.75, 3.05) is 19.8 Å². The van der Waals surface area contributed by atoms with Crippen LogP contribution in [0, 0.1) is 0 Å². The Morgan fingerprint density at radius 2 is 2.05 bits per heavy atom. The lowest BCUT2D eigenvalue weighted by molar-refractivity contribution is -0.131. The summed E-state index contributed by atoms with van der Waals surface area (Å²) in [7, 11) is 0. The van der Waals surface area contributed by atoms with Crippen molar-refractivity contribution < 1.29 is 24.5 Å². The molecule has 20 heavy (non-hydrogen) atoms. The number of hydrogen-bond donors (Lipinski definition) is 4. The van der Waals surface area contributed by atoms with Gasteiger partial charge in [0.05, 0.1) is 18.8 Å². The Morgan fingerprint density at radius 1 is 1.35 bits per heavy atom. The Bertz CT molecular complexity index is 513. The number of benzene rings is 1. The van der Waals surface area contributed by atoms with Crippen molar-refractivity contribution in [1.82, 2.24) is 5.32 Å². The summed E-state index contributed by atoms with van der Waals surface area (Å²) in [5, 5.41) is 20.3. The minimum Gasteiger partial charge on any atom is -0.490 e. The molecule has 7 heteroatoms. The SMILES string of the molecule is NC(=O)CN/C(=C/C(=O)O)c1ccccc1OCCO. The molecule has 0 saturated heterocycles. The Hall–Kier alpha value is -2.54. The maximum atomic E-state index is 10.8. The molecule has 0 bridgehead atoms. The van der Waals surface area contributed by atoms with E-state index in [-0.39, 0.29) is 25.5 Å². The van der Waals surface area contributed by atoms with Crippen molar-refractivity contribution >= 4 is 17.6 Å². The first-order chi connectivity index (χ1) is 9.54. The number of para-hydroxylation sites is 1. The van der Waals surface area contributed by atoms with E-state index in [4.69, 9.17) is 20.7 Å². The number of nitrogens with one attached hydrogen (secondary N) is 1. The summed E-state index contributed by atoms with van der Waals surface area (Å²) >= 11 is 0. The molecule has 108 valence electrons. The maximum absolute atomic E-state index is 10.8. The number of primary amides is 1. The molecule has 0 unspecified atom stereocenters. The first-order valence-electron chi connectivity index (χ1n) is 5.84. The molecule has 0 radical (unpaired) electrons. The van der Waals surface area contributed by atoms with E-state index in [1.54, 1.807) is 24.3 Å². The molecule has 0 aliphatic heterocycles. The lowest BCUT2D eigenvalue weighted by Gasteiger charge is -2.14. The fourth-order valence-electron chi connectivity index (χ4n) is 1.50. The van der Waals surface area contributed by atoms with E-state index in [9.17, 15) is 9.59 Å². The predicted octanol–water partition coefficient (Wildman–Crippen LogP) is -0.442. The number of carboxylic acid groups (broad SMARTS) is 1. The minimum atomic E-state index is -1.17. The van der Waals surface area contributed by atoms with Crippen LogP contribution in [0.4, 0.5) is 0 Å². The second-order valence-electron chi connectivity index (χ2n) is 3.78. The third-order valence-electron chi connectivity index (χ3n) is 2.25. The Balaban J connectivity index is 3.06. The van der Waals surface area contributed by atoms with E-state index in [0.717, 1.165) is 6.08 Å². The summed E-state index contributed by atoms with van der Waals surface area (Å²) in [4.78, 5) is 21.6. The van der Waals surface area contributed by atoms with Crippen LogP contribution in [-0.2, 0) is 9.59 Å². The van der Waals surface area contributed by atoms with Crippen LogP contribution < -0.4 is 15.8 Å². The van der Waals surface area contributed by atoms with Gasteiger partial charge in [-0.05, 0) is 12.1 Å². The molecule has 1 aromatic carbocycles. The summed E-state index contributed by atoms with van der Waals surface area (Å²) in [5.41, 5.74) is 5.69. The van der Waals surface area contributed by atoms with Gasteiger partial charge in [-0.1, -0.05) is 12.1 Å². The molecule has 1 aromatic rings. The predicted molar refractivity (Wildman–Crippen MR) is 71.8 cm³/mol. The summed E-state index contributed by atoms with van der Waals surface area (Å²) in [6.45, 7) is -0.290. The number of carbonyl (C=O) groups is 2. The highest BCUT2D eigenvalue weighted by atomic mass is 16.5. The van der Waals surface area contributed by atoms with Crippen LogP contribution >= 0.6 is 0 Å². The third-order valence-corrected chi connectivity index (χ3v) is 2.25. The summed E-state index contributed by atoms with van der Waals surface area (Å²) < 4.78 is 5.32. The van der Waals surface area contributed by atoms with Gasteiger partial charge >= 0.3 is 5.97 Å². The molecule has 1 rings (SSSR count). The van der Waals surface area contributed by atoms with Gasteiger partial charge in [0.1, 0.15) is 12.4 Å². The summed E-state index contributed by atoms with van der Waals surface area (Å²) in [5.74, 6) is -1.39. The third kappa shape index (κ3) is 4.99. The number of aliphatic hydroxyl groups is 1. The monoisotopic (exact) mass is 280 g/mol. The molecule has 0 spiro atoms. The van der Waals surface area contributed by atoms with Gasteiger partial charge in [-0.25, -0.2) is 4.79 Å². The molecule has 1 amide bonds. The molecule has 0 saturated carbocycles. The van der Waals surface area contributed by atoms with Gasteiger partial charge in [0.2, 0.25) is 5.91 Å². The van der Waals surface area contributed by atoms with Gasteiger partial charge in [-0.15, -0.1) is 0 Å². The molecule has 0 atom stereocenters.